The van der Waals surface area contributed by atoms with Crippen LogP contribution in [0.15, 0.2) is 32.3 Å². The third kappa shape index (κ3) is 2.46. The lowest BCUT2D eigenvalue weighted by Gasteiger charge is -2.27. The fraction of sp³-hybridized carbons (Fsp3) is 0.267. The Morgan fingerprint density at radius 1 is 1.24 bits per heavy atom. The first-order valence-electron chi connectivity index (χ1n) is 7.61. The SMILES string of the molecule is O=c1o/c(=C\O)c2n1-c1ccc(S(=O)(=O)N3CCNCC3)cc1OC=2. The first kappa shape index (κ1) is 15.9. The van der Waals surface area contributed by atoms with Gasteiger partial charge in [0.1, 0.15) is 17.9 Å². The predicted molar refractivity (Wildman–Crippen MR) is 87.4 cm³/mol. The van der Waals surface area contributed by atoms with Gasteiger partial charge in [-0.3, -0.25) is 0 Å². The molecule has 4 rings (SSSR count). The molecule has 2 aromatic rings. The summed E-state index contributed by atoms with van der Waals surface area (Å²) >= 11 is 0. The number of sulfonamides is 1. The highest BCUT2D eigenvalue weighted by molar-refractivity contribution is 7.89. The molecule has 0 aliphatic carbocycles. The first-order valence-corrected chi connectivity index (χ1v) is 9.05. The third-order valence-electron chi connectivity index (χ3n) is 4.17. The van der Waals surface area contributed by atoms with Crippen LogP contribution in [0.2, 0.25) is 0 Å². The van der Waals surface area contributed by atoms with Gasteiger partial charge in [-0.05, 0) is 12.1 Å². The Morgan fingerprint density at radius 3 is 2.72 bits per heavy atom. The summed E-state index contributed by atoms with van der Waals surface area (Å²) < 4.78 is 38.5. The highest BCUT2D eigenvalue weighted by atomic mass is 32.2. The third-order valence-corrected chi connectivity index (χ3v) is 6.07. The minimum atomic E-state index is -3.64. The molecule has 0 radical (unpaired) electrons. The normalized spacial score (nSPS) is 18.2. The molecule has 1 aromatic carbocycles. The maximum absolute atomic E-state index is 12.7. The van der Waals surface area contributed by atoms with E-state index in [4.69, 9.17) is 14.3 Å². The molecule has 1 fully saturated rings. The van der Waals surface area contributed by atoms with Gasteiger partial charge in [-0.2, -0.15) is 4.31 Å². The van der Waals surface area contributed by atoms with Crippen LogP contribution in [-0.2, 0) is 10.0 Å². The Morgan fingerprint density at radius 2 is 2.00 bits per heavy atom. The van der Waals surface area contributed by atoms with Crippen molar-refractivity contribution in [1.82, 2.24) is 14.2 Å². The summed E-state index contributed by atoms with van der Waals surface area (Å²) in [5, 5.41) is 12.5. The van der Waals surface area contributed by atoms with Crippen molar-refractivity contribution in [1.29, 1.82) is 0 Å². The molecule has 1 saturated heterocycles. The van der Waals surface area contributed by atoms with Crippen LogP contribution in [-0.4, -0.2) is 48.6 Å². The summed E-state index contributed by atoms with van der Waals surface area (Å²) in [4.78, 5) is 12.1. The van der Waals surface area contributed by atoms with E-state index in [1.807, 2.05) is 0 Å². The Labute approximate surface area is 142 Å². The van der Waals surface area contributed by atoms with Crippen LogP contribution in [0.5, 0.6) is 5.75 Å². The lowest BCUT2D eigenvalue weighted by molar-refractivity contribution is 0.360. The van der Waals surface area contributed by atoms with Crippen LogP contribution in [0.4, 0.5) is 0 Å². The van der Waals surface area contributed by atoms with E-state index in [0.29, 0.717) is 38.1 Å². The number of rotatable bonds is 2. The van der Waals surface area contributed by atoms with Crippen molar-refractivity contribution < 1.29 is 22.7 Å². The number of ether oxygens (including phenoxy) is 1. The highest BCUT2D eigenvalue weighted by Crippen LogP contribution is 2.28. The average Bonchev–Trinajstić information content (AvgIpc) is 2.98. The second-order valence-corrected chi connectivity index (χ2v) is 7.54. The average molecular weight is 365 g/mol. The summed E-state index contributed by atoms with van der Waals surface area (Å²) in [7, 11) is -3.64. The topological polar surface area (TPSA) is 114 Å². The van der Waals surface area contributed by atoms with Crippen molar-refractivity contribution >= 4 is 22.5 Å². The molecule has 2 aliphatic heterocycles. The molecule has 0 amide bonds. The number of fused-ring (bicyclic) bond motifs is 3. The van der Waals surface area contributed by atoms with Crippen molar-refractivity contribution in [2.24, 2.45) is 0 Å². The van der Waals surface area contributed by atoms with Crippen molar-refractivity contribution in [3.8, 4) is 11.4 Å². The lowest BCUT2D eigenvalue weighted by atomic mass is 10.2. The van der Waals surface area contributed by atoms with Crippen LogP contribution < -0.4 is 26.6 Å². The van der Waals surface area contributed by atoms with E-state index >= 15 is 0 Å². The van der Waals surface area contributed by atoms with Crippen LogP contribution in [0.3, 0.4) is 0 Å². The van der Waals surface area contributed by atoms with Crippen molar-refractivity contribution in [3.05, 3.63) is 39.5 Å². The van der Waals surface area contributed by atoms with E-state index in [0.717, 1.165) is 0 Å². The summed E-state index contributed by atoms with van der Waals surface area (Å²) in [6.07, 6.45) is 1.90. The zero-order chi connectivity index (χ0) is 17.6. The second kappa shape index (κ2) is 5.76. The highest BCUT2D eigenvalue weighted by Gasteiger charge is 2.28. The van der Waals surface area contributed by atoms with Crippen LogP contribution >= 0.6 is 0 Å². The number of piperazine rings is 1. The monoisotopic (exact) mass is 365 g/mol. The fourth-order valence-electron chi connectivity index (χ4n) is 2.92. The molecule has 25 heavy (non-hydrogen) atoms. The van der Waals surface area contributed by atoms with Gasteiger partial charge in [0, 0.05) is 32.2 Å². The number of nitrogens with one attached hydrogen (secondary N) is 1. The smallest absolute Gasteiger partial charge is 0.424 e. The number of aromatic nitrogens is 1. The number of hydrogen-bond acceptors (Lipinski definition) is 7. The summed E-state index contributed by atoms with van der Waals surface area (Å²) in [5.41, 5.74) is 0.312. The van der Waals surface area contributed by atoms with Gasteiger partial charge in [0.05, 0.1) is 10.6 Å². The van der Waals surface area contributed by atoms with Crippen molar-refractivity contribution in [3.63, 3.8) is 0 Å². The van der Waals surface area contributed by atoms with Gasteiger partial charge in [-0.1, -0.05) is 0 Å². The van der Waals surface area contributed by atoms with Gasteiger partial charge in [0.2, 0.25) is 10.0 Å². The van der Waals surface area contributed by atoms with Crippen molar-refractivity contribution in [2.45, 2.75) is 4.90 Å². The molecule has 0 unspecified atom stereocenters. The van der Waals surface area contributed by atoms with E-state index in [9.17, 15) is 13.2 Å². The van der Waals surface area contributed by atoms with Gasteiger partial charge in [0.25, 0.3) is 0 Å². The molecule has 0 spiro atoms. The number of benzene rings is 1. The van der Waals surface area contributed by atoms with Gasteiger partial charge in [-0.15, -0.1) is 0 Å². The van der Waals surface area contributed by atoms with Crippen LogP contribution in [0, 0.1) is 0 Å². The van der Waals surface area contributed by atoms with Crippen LogP contribution in [0.1, 0.15) is 0 Å². The van der Waals surface area contributed by atoms with E-state index in [2.05, 4.69) is 5.32 Å². The van der Waals surface area contributed by atoms with Gasteiger partial charge < -0.3 is 19.6 Å². The summed E-state index contributed by atoms with van der Waals surface area (Å²) in [5.74, 6) is -0.482. The largest absolute Gasteiger partial charge is 0.512 e. The zero-order valence-corrected chi connectivity index (χ0v) is 13.8. The minimum absolute atomic E-state index is 0.0341. The Hall–Kier alpha value is -2.56. The second-order valence-electron chi connectivity index (χ2n) is 5.60. The molecule has 0 bridgehead atoms. The van der Waals surface area contributed by atoms with Crippen LogP contribution in [0.25, 0.3) is 18.2 Å². The molecular formula is C15H15N3O6S. The summed E-state index contributed by atoms with van der Waals surface area (Å²) in [6.45, 7) is 1.99. The van der Waals surface area contributed by atoms with Gasteiger partial charge >= 0.3 is 5.76 Å². The van der Waals surface area contributed by atoms with Gasteiger partial charge in [-0.25, -0.2) is 17.8 Å². The maximum Gasteiger partial charge on any atom is 0.424 e. The summed E-state index contributed by atoms with van der Waals surface area (Å²) in [6, 6.07) is 4.29. The molecule has 10 heteroatoms. The van der Waals surface area contributed by atoms with Gasteiger partial charge in [0.15, 0.2) is 11.2 Å². The quantitative estimate of drug-likeness (QED) is 0.662. The Balaban J connectivity index is 1.81. The number of oxazole rings is 1. The van der Waals surface area contributed by atoms with E-state index in [-0.39, 0.29) is 21.4 Å². The standard InChI is InChI=1S/C15H15N3O6S/c19-8-14-12-9-23-13-7-10(1-2-11(13)18(12)15(20)24-14)25(21,22)17-5-3-16-4-6-17/h1-2,7-9,16,19H,3-6H2/b14-8-. The molecule has 1 aromatic heterocycles. The minimum Gasteiger partial charge on any atom is -0.512 e. The maximum atomic E-state index is 12.7. The number of aliphatic hydroxyl groups excluding tert-OH is 1. The molecule has 0 atom stereocenters. The molecule has 9 nitrogen and oxygen atoms in total. The lowest BCUT2D eigenvalue weighted by Crippen LogP contribution is -2.46. The Kier molecular flexibility index (Phi) is 3.67. The number of nitrogens with zero attached hydrogens (tertiary/aromatic N) is 2. The van der Waals surface area contributed by atoms with Crippen molar-refractivity contribution in [2.75, 3.05) is 26.2 Å². The number of hydrogen-bond donors (Lipinski definition) is 2. The Bertz CT molecular complexity index is 1110. The zero-order valence-electron chi connectivity index (χ0n) is 13.0. The first-order chi connectivity index (χ1) is 12.0. The molecule has 3 heterocycles. The molecule has 2 N–H and O–H groups in total. The molecule has 132 valence electrons. The molecule has 0 saturated carbocycles. The van der Waals surface area contributed by atoms with E-state index in [1.165, 1.54) is 33.3 Å². The predicted octanol–water partition coefficient (Wildman–Crippen LogP) is -1.55. The molecule has 2 aliphatic rings. The fourth-order valence-corrected chi connectivity index (χ4v) is 4.38. The number of aliphatic hydroxyl groups is 1. The molecular weight excluding hydrogens is 350 g/mol. The van der Waals surface area contributed by atoms with E-state index < -0.39 is 15.8 Å². The van der Waals surface area contributed by atoms with E-state index in [1.54, 1.807) is 0 Å².